The number of hydrogen-bond donors (Lipinski definition) is 4. The molecule has 0 heterocycles. The lowest BCUT2D eigenvalue weighted by Gasteiger charge is -2.31. The Hall–Kier alpha value is -2.63. The molecule has 2 rings (SSSR count). The molecule has 0 aliphatic heterocycles. The van der Waals surface area contributed by atoms with Gasteiger partial charge >= 0.3 is 11.9 Å². The summed E-state index contributed by atoms with van der Waals surface area (Å²) in [5.41, 5.74) is 1.22. The van der Waals surface area contributed by atoms with Crippen LogP contribution in [0.4, 0.5) is 5.69 Å². The first kappa shape index (κ1) is 24.6. The maximum atomic E-state index is 12.4. The normalized spacial score (nSPS) is 15.5. The van der Waals surface area contributed by atoms with Crippen molar-refractivity contribution >= 4 is 25.7 Å². The molecule has 0 bridgehead atoms. The van der Waals surface area contributed by atoms with E-state index in [2.05, 4.69) is 26.1 Å². The molecule has 0 amide bonds. The first-order valence-corrected chi connectivity index (χ1v) is 11.5. The number of aliphatic carboxylic acids is 2. The van der Waals surface area contributed by atoms with Gasteiger partial charge in [-0.25, -0.2) is 0 Å². The summed E-state index contributed by atoms with van der Waals surface area (Å²) in [5.74, 6) is -3.73. The molecule has 0 aliphatic rings. The van der Waals surface area contributed by atoms with E-state index in [1.165, 1.54) is 0 Å². The van der Waals surface area contributed by atoms with Crippen molar-refractivity contribution in [3.8, 4) is 0 Å². The number of benzene rings is 2. The summed E-state index contributed by atoms with van der Waals surface area (Å²) in [7, 11) is -3.35. The first-order valence-electron chi connectivity index (χ1n) is 10.1. The molecule has 4 N–H and O–H groups in total. The van der Waals surface area contributed by atoms with Crippen molar-refractivity contribution in [2.75, 3.05) is 5.32 Å². The van der Waals surface area contributed by atoms with E-state index in [1.54, 1.807) is 30.3 Å². The summed E-state index contributed by atoms with van der Waals surface area (Å²) in [6, 6.07) is 15.7. The fourth-order valence-corrected chi connectivity index (χ4v) is 4.78. The maximum Gasteiger partial charge on any atom is 0.307 e. The molecule has 0 spiro atoms. The van der Waals surface area contributed by atoms with E-state index in [4.69, 9.17) is 5.11 Å². The average molecular weight is 447 g/mol. The second-order valence-electron chi connectivity index (χ2n) is 8.60. The van der Waals surface area contributed by atoms with Gasteiger partial charge in [-0.15, -0.1) is 0 Å². The predicted octanol–water partition coefficient (Wildman–Crippen LogP) is 4.54. The van der Waals surface area contributed by atoms with Crippen molar-refractivity contribution in [3.63, 3.8) is 0 Å². The Morgan fingerprint density at radius 3 is 2.03 bits per heavy atom. The molecule has 31 heavy (non-hydrogen) atoms. The number of rotatable bonds is 10. The molecule has 0 aromatic heterocycles. The highest BCUT2D eigenvalue weighted by atomic mass is 31.1. The number of carbonyl (C=O) groups is 2. The van der Waals surface area contributed by atoms with Crippen molar-refractivity contribution in [1.82, 2.24) is 0 Å². The van der Waals surface area contributed by atoms with Crippen LogP contribution in [0.3, 0.4) is 0 Å². The summed E-state index contributed by atoms with van der Waals surface area (Å²) >= 11 is 0. The minimum absolute atomic E-state index is 0.0403. The molecule has 0 saturated heterocycles. The van der Waals surface area contributed by atoms with E-state index >= 15 is 0 Å². The molecule has 8 heteroatoms. The number of carboxylic acid groups (broad SMARTS) is 2. The second-order valence-corrected chi connectivity index (χ2v) is 9.94. The Morgan fingerprint density at radius 2 is 1.58 bits per heavy atom. The molecule has 7 nitrogen and oxygen atoms in total. The van der Waals surface area contributed by atoms with E-state index in [-0.39, 0.29) is 11.8 Å². The zero-order valence-corrected chi connectivity index (χ0v) is 18.9. The molecule has 0 radical (unpaired) electrons. The Bertz CT molecular complexity index is 908. The highest BCUT2D eigenvalue weighted by Gasteiger charge is 2.39. The highest BCUT2D eigenvalue weighted by molar-refractivity contribution is 7.39. The van der Waals surface area contributed by atoms with Crippen LogP contribution in [0.15, 0.2) is 54.6 Å². The van der Waals surface area contributed by atoms with E-state index in [1.807, 2.05) is 24.3 Å². The number of hydrogen-bond acceptors (Lipinski definition) is 4. The lowest BCUT2D eigenvalue weighted by atomic mass is 9.87. The van der Waals surface area contributed by atoms with Crippen LogP contribution in [0.2, 0.25) is 0 Å². The smallest absolute Gasteiger partial charge is 0.307 e. The van der Waals surface area contributed by atoms with Gasteiger partial charge < -0.3 is 20.4 Å². The van der Waals surface area contributed by atoms with Crippen LogP contribution in [0, 0.1) is 5.92 Å². The molecule has 168 valence electrons. The van der Waals surface area contributed by atoms with Gasteiger partial charge in [-0.2, -0.15) is 0 Å². The minimum Gasteiger partial charge on any atom is -0.481 e. The lowest BCUT2D eigenvalue weighted by molar-refractivity contribution is -0.143. The largest absolute Gasteiger partial charge is 0.481 e. The third-order valence-electron chi connectivity index (χ3n) is 5.30. The average Bonchev–Trinajstić information content (AvgIpc) is 2.69. The first-order chi connectivity index (χ1) is 14.5. The summed E-state index contributed by atoms with van der Waals surface area (Å²) in [4.78, 5) is 33.1. The van der Waals surface area contributed by atoms with Gasteiger partial charge in [-0.3, -0.25) is 14.2 Å². The van der Waals surface area contributed by atoms with Crippen molar-refractivity contribution in [2.24, 2.45) is 5.92 Å². The van der Waals surface area contributed by atoms with Crippen LogP contribution in [-0.2, 0) is 19.6 Å². The van der Waals surface area contributed by atoms with Crippen molar-refractivity contribution < 1.29 is 29.3 Å². The predicted molar refractivity (Wildman–Crippen MR) is 121 cm³/mol. The third kappa shape index (κ3) is 6.94. The van der Waals surface area contributed by atoms with E-state index in [0.717, 1.165) is 5.56 Å². The highest BCUT2D eigenvalue weighted by Crippen LogP contribution is 2.42. The molecule has 0 aliphatic carbocycles. The van der Waals surface area contributed by atoms with Gasteiger partial charge in [-0.05, 0) is 35.1 Å². The number of nitrogens with one attached hydrogen (secondary N) is 1. The van der Waals surface area contributed by atoms with Crippen molar-refractivity contribution in [3.05, 3.63) is 65.7 Å². The van der Waals surface area contributed by atoms with Crippen molar-refractivity contribution in [1.29, 1.82) is 0 Å². The van der Waals surface area contributed by atoms with Crippen LogP contribution < -0.4 is 5.32 Å². The molecule has 0 fully saturated rings. The lowest BCUT2D eigenvalue weighted by Crippen LogP contribution is -2.35. The SMILES string of the molecule is CC(C)(C)c1ccc(NC(c2ccccc2)C(C(CCC(=O)O)C(=O)O)[PH](=O)O)cc1. The van der Waals surface area contributed by atoms with E-state index in [0.29, 0.717) is 11.3 Å². The van der Waals surface area contributed by atoms with Crippen molar-refractivity contribution in [2.45, 2.75) is 50.7 Å². The molecular weight excluding hydrogens is 417 g/mol. The summed E-state index contributed by atoms with van der Waals surface area (Å²) in [6.45, 7) is 6.28. The quantitative estimate of drug-likeness (QED) is 0.394. The molecule has 4 atom stereocenters. The molecular formula is C23H30NO6P. The monoisotopic (exact) mass is 447 g/mol. The Balaban J connectivity index is 2.46. The fourth-order valence-electron chi connectivity index (χ4n) is 3.57. The Morgan fingerprint density at radius 1 is 1.00 bits per heavy atom. The van der Waals surface area contributed by atoms with E-state index in [9.17, 15) is 24.2 Å². The van der Waals surface area contributed by atoms with Crippen LogP contribution >= 0.6 is 8.03 Å². The minimum atomic E-state index is -3.35. The van der Waals surface area contributed by atoms with Gasteiger partial charge in [-0.1, -0.05) is 63.2 Å². The van der Waals surface area contributed by atoms with Crippen LogP contribution in [0.25, 0.3) is 0 Å². The van der Waals surface area contributed by atoms with Crippen LogP contribution in [-0.4, -0.2) is 32.7 Å². The van der Waals surface area contributed by atoms with Crippen LogP contribution in [0.5, 0.6) is 0 Å². The van der Waals surface area contributed by atoms with Gasteiger partial charge in [0.15, 0.2) is 8.03 Å². The standard InChI is InChI=1S/C23H30NO6P/c1-23(2,3)16-9-11-17(12-10-16)24-20(15-7-5-4-6-8-15)21(31(29)30)18(22(27)28)13-14-19(25)26/h4-12,18,20-21,24,31H,13-14H2,1-3H3,(H,25,26)(H,27,28)(H,29,30). The van der Waals surface area contributed by atoms with Gasteiger partial charge in [0.1, 0.15) is 0 Å². The summed E-state index contributed by atoms with van der Waals surface area (Å²) < 4.78 is 12.4. The van der Waals surface area contributed by atoms with Gasteiger partial charge in [0.05, 0.1) is 17.6 Å². The zero-order chi connectivity index (χ0) is 23.2. The van der Waals surface area contributed by atoms with Gasteiger partial charge in [0, 0.05) is 12.1 Å². The third-order valence-corrected chi connectivity index (χ3v) is 6.60. The molecule has 4 unspecified atom stereocenters. The van der Waals surface area contributed by atoms with Gasteiger partial charge in [0.25, 0.3) is 0 Å². The molecule has 0 saturated carbocycles. The number of anilines is 1. The topological polar surface area (TPSA) is 124 Å². The Kier molecular flexibility index (Phi) is 8.43. The zero-order valence-electron chi connectivity index (χ0n) is 17.9. The molecule has 2 aromatic carbocycles. The van der Waals surface area contributed by atoms with E-state index < -0.39 is 44.0 Å². The van der Waals surface area contributed by atoms with Crippen LogP contribution in [0.1, 0.15) is 50.8 Å². The Labute approximate surface area is 183 Å². The van der Waals surface area contributed by atoms with Gasteiger partial charge in [0.2, 0.25) is 0 Å². The molecule has 2 aromatic rings. The summed E-state index contributed by atoms with van der Waals surface area (Å²) in [5, 5.41) is 22.0. The number of carboxylic acids is 2. The maximum absolute atomic E-state index is 12.4. The fraction of sp³-hybridized carbons (Fsp3) is 0.391. The second kappa shape index (κ2) is 10.6. The summed E-state index contributed by atoms with van der Waals surface area (Å²) in [6.07, 6.45) is -0.634.